The Morgan fingerprint density at radius 1 is 1.41 bits per heavy atom. The molecule has 0 radical (unpaired) electrons. The molecule has 0 saturated carbocycles. The second-order valence-corrected chi connectivity index (χ2v) is 6.22. The zero-order valence-corrected chi connectivity index (χ0v) is 15.8. The molecule has 6 heteroatoms. The Hall–Kier alpha value is -3.23. The van der Waals surface area contributed by atoms with Crippen LogP contribution in [0.3, 0.4) is 0 Å². The van der Waals surface area contributed by atoms with Gasteiger partial charge in [-0.2, -0.15) is 5.26 Å². The highest BCUT2D eigenvalue weighted by atomic mass is 35.5. The molecular weight excluding hydrogens is 364 g/mol. The van der Waals surface area contributed by atoms with Gasteiger partial charge in [0.15, 0.2) is 11.5 Å². The monoisotopic (exact) mass is 382 g/mol. The van der Waals surface area contributed by atoms with Crippen LogP contribution in [0.25, 0.3) is 6.08 Å². The van der Waals surface area contributed by atoms with Gasteiger partial charge in [-0.3, -0.25) is 4.79 Å². The van der Waals surface area contributed by atoms with Crippen molar-refractivity contribution in [3.8, 4) is 17.6 Å². The molecule has 0 aliphatic heterocycles. The zero-order valence-electron chi connectivity index (χ0n) is 15.0. The number of rotatable bonds is 6. The Morgan fingerprint density at radius 3 is 2.74 bits per heavy atom. The Kier molecular flexibility index (Phi) is 6.64. The molecule has 138 valence electrons. The van der Waals surface area contributed by atoms with E-state index in [1.165, 1.54) is 13.2 Å². The average Bonchev–Trinajstić information content (AvgIpc) is 2.65. The normalized spacial score (nSPS) is 10.8. The number of nitrogens with one attached hydrogen (secondary N) is 1. The van der Waals surface area contributed by atoms with Gasteiger partial charge in [0.05, 0.1) is 7.11 Å². The van der Waals surface area contributed by atoms with Crippen LogP contribution in [0, 0.1) is 18.3 Å². The summed E-state index contributed by atoms with van der Waals surface area (Å²) in [7, 11) is 1.43. The average molecular weight is 383 g/mol. The minimum Gasteiger partial charge on any atom is -0.504 e. The summed E-state index contributed by atoms with van der Waals surface area (Å²) in [4.78, 5) is 12.4. The summed E-state index contributed by atoms with van der Waals surface area (Å²) in [5.74, 6) is -0.301. The quantitative estimate of drug-likeness (QED) is 0.433. The number of aryl methyl sites for hydroxylation is 1. The van der Waals surface area contributed by atoms with Gasteiger partial charge >= 0.3 is 0 Å². The third kappa shape index (κ3) is 4.90. The van der Waals surface area contributed by atoms with Crippen molar-refractivity contribution in [2.24, 2.45) is 0 Å². The summed E-state index contributed by atoms with van der Waals surface area (Å²) in [6.07, 6.45) is 3.49. The van der Waals surface area contributed by atoms with E-state index >= 15 is 0 Å². The van der Waals surface area contributed by atoms with Gasteiger partial charge in [-0.25, -0.2) is 0 Å². The van der Waals surface area contributed by atoms with Gasteiger partial charge in [0.25, 0.3) is 5.91 Å². The van der Waals surface area contributed by atoms with Crippen molar-refractivity contribution in [3.63, 3.8) is 0 Å². The summed E-state index contributed by atoms with van der Waals surface area (Å²) >= 11 is 6.06. The smallest absolute Gasteiger partial charge is 0.266 e. The lowest BCUT2D eigenvalue weighted by Crippen LogP contribution is -2.13. The number of benzene rings is 2. The molecule has 2 aromatic carbocycles. The standard InChI is InChI=1S/C21H19ClN2O3/c1-4-5-15-8-14(10-19(27-3)20(15)25)9-16(12-23)21(26)24-17-7-6-13(2)18(22)11-17/h4,6-11,25H,1,5H2,2-3H3,(H,24,26). The van der Waals surface area contributed by atoms with Crippen molar-refractivity contribution in [2.45, 2.75) is 13.3 Å². The minimum atomic E-state index is -0.560. The fourth-order valence-corrected chi connectivity index (χ4v) is 2.60. The van der Waals surface area contributed by atoms with E-state index in [2.05, 4.69) is 11.9 Å². The van der Waals surface area contributed by atoms with E-state index in [9.17, 15) is 15.2 Å². The van der Waals surface area contributed by atoms with Gasteiger partial charge in [0, 0.05) is 16.3 Å². The molecule has 2 aromatic rings. The second kappa shape index (κ2) is 8.93. The van der Waals surface area contributed by atoms with E-state index in [4.69, 9.17) is 16.3 Å². The first-order valence-electron chi connectivity index (χ1n) is 8.09. The van der Waals surface area contributed by atoms with Crippen molar-refractivity contribution < 1.29 is 14.6 Å². The molecule has 0 saturated heterocycles. The number of ether oxygens (including phenoxy) is 1. The number of aromatic hydroxyl groups is 1. The van der Waals surface area contributed by atoms with E-state index in [0.717, 1.165) is 5.56 Å². The van der Waals surface area contributed by atoms with E-state index < -0.39 is 5.91 Å². The molecule has 0 spiro atoms. The van der Waals surface area contributed by atoms with Crippen LogP contribution >= 0.6 is 11.6 Å². The Balaban J connectivity index is 2.35. The summed E-state index contributed by atoms with van der Waals surface area (Å²) in [6, 6.07) is 10.2. The first-order valence-corrected chi connectivity index (χ1v) is 8.47. The number of amides is 1. The number of nitriles is 1. The topological polar surface area (TPSA) is 82.4 Å². The van der Waals surface area contributed by atoms with Crippen LogP contribution in [0.2, 0.25) is 5.02 Å². The molecule has 0 bridgehead atoms. The van der Waals surface area contributed by atoms with E-state index in [1.54, 1.807) is 36.4 Å². The molecule has 0 aromatic heterocycles. The summed E-state index contributed by atoms with van der Waals surface area (Å²) in [5, 5.41) is 22.7. The van der Waals surface area contributed by atoms with E-state index in [0.29, 0.717) is 28.3 Å². The van der Waals surface area contributed by atoms with Gasteiger partial charge in [-0.05, 0) is 54.8 Å². The number of methoxy groups -OCH3 is 1. The van der Waals surface area contributed by atoms with Gasteiger partial charge in [-0.1, -0.05) is 23.7 Å². The number of hydrogen-bond donors (Lipinski definition) is 2. The zero-order chi connectivity index (χ0) is 20.0. The van der Waals surface area contributed by atoms with Crippen LogP contribution in [0.15, 0.2) is 48.6 Å². The highest BCUT2D eigenvalue weighted by molar-refractivity contribution is 6.31. The Morgan fingerprint density at radius 2 is 2.15 bits per heavy atom. The largest absolute Gasteiger partial charge is 0.504 e. The van der Waals surface area contributed by atoms with Gasteiger partial charge in [0.2, 0.25) is 0 Å². The number of hydrogen-bond acceptors (Lipinski definition) is 4. The van der Waals surface area contributed by atoms with Crippen LogP contribution in [0.4, 0.5) is 5.69 Å². The maximum absolute atomic E-state index is 12.4. The molecule has 0 heterocycles. The van der Waals surface area contributed by atoms with Crippen molar-refractivity contribution >= 4 is 29.3 Å². The molecule has 2 rings (SSSR count). The van der Waals surface area contributed by atoms with Crippen LogP contribution in [0.1, 0.15) is 16.7 Å². The number of allylic oxidation sites excluding steroid dienone is 1. The number of nitrogens with zero attached hydrogens (tertiary/aromatic N) is 1. The third-order valence-electron chi connectivity index (χ3n) is 3.87. The maximum Gasteiger partial charge on any atom is 0.266 e. The number of phenolic OH excluding ortho intramolecular Hbond substituents is 1. The molecule has 0 aliphatic rings. The van der Waals surface area contributed by atoms with Gasteiger partial charge < -0.3 is 15.2 Å². The van der Waals surface area contributed by atoms with E-state index in [1.807, 2.05) is 13.0 Å². The molecule has 0 atom stereocenters. The molecular formula is C21H19ClN2O3. The third-order valence-corrected chi connectivity index (χ3v) is 4.27. The highest BCUT2D eigenvalue weighted by Gasteiger charge is 2.13. The molecule has 5 nitrogen and oxygen atoms in total. The van der Waals surface area contributed by atoms with Crippen molar-refractivity contribution in [1.82, 2.24) is 0 Å². The number of anilines is 1. The Bertz CT molecular complexity index is 959. The predicted octanol–water partition coefficient (Wildman–Crippen LogP) is 4.64. The molecule has 2 N–H and O–H groups in total. The predicted molar refractivity (Wildman–Crippen MR) is 107 cm³/mol. The van der Waals surface area contributed by atoms with Crippen molar-refractivity contribution in [1.29, 1.82) is 5.26 Å². The van der Waals surface area contributed by atoms with E-state index in [-0.39, 0.29) is 17.1 Å². The fraction of sp³-hybridized carbons (Fsp3) is 0.143. The van der Waals surface area contributed by atoms with Crippen LogP contribution in [0.5, 0.6) is 11.5 Å². The number of carbonyl (C=O) groups excluding carboxylic acids is 1. The first kappa shape index (κ1) is 20.1. The number of phenols is 1. The SMILES string of the molecule is C=CCc1cc(C=C(C#N)C(=O)Nc2ccc(C)c(Cl)c2)cc(OC)c1O. The summed E-state index contributed by atoms with van der Waals surface area (Å²) < 4.78 is 5.16. The van der Waals surface area contributed by atoms with Crippen molar-refractivity contribution in [3.05, 3.63) is 70.3 Å². The molecule has 0 aliphatic carbocycles. The first-order chi connectivity index (χ1) is 12.9. The van der Waals surface area contributed by atoms with Crippen LogP contribution in [-0.4, -0.2) is 18.1 Å². The van der Waals surface area contributed by atoms with Crippen molar-refractivity contribution in [2.75, 3.05) is 12.4 Å². The minimum absolute atomic E-state index is 0.00630. The maximum atomic E-state index is 12.4. The van der Waals surface area contributed by atoms with Gasteiger partial charge in [0.1, 0.15) is 11.6 Å². The molecule has 0 unspecified atom stereocenters. The fourth-order valence-electron chi connectivity index (χ4n) is 2.42. The van der Waals surface area contributed by atoms with Crippen LogP contribution in [-0.2, 0) is 11.2 Å². The summed E-state index contributed by atoms with van der Waals surface area (Å²) in [5.41, 5.74) is 2.42. The molecule has 0 fully saturated rings. The number of halogens is 1. The Labute approximate surface area is 163 Å². The highest BCUT2D eigenvalue weighted by Crippen LogP contribution is 2.33. The molecule has 1 amide bonds. The molecule has 27 heavy (non-hydrogen) atoms. The lowest BCUT2D eigenvalue weighted by atomic mass is 10.0. The lowest BCUT2D eigenvalue weighted by molar-refractivity contribution is -0.112. The number of carbonyl (C=O) groups is 1. The van der Waals surface area contributed by atoms with Crippen LogP contribution < -0.4 is 10.1 Å². The summed E-state index contributed by atoms with van der Waals surface area (Å²) in [6.45, 7) is 5.51. The second-order valence-electron chi connectivity index (χ2n) is 5.81. The lowest BCUT2D eigenvalue weighted by Gasteiger charge is -2.10. The van der Waals surface area contributed by atoms with Gasteiger partial charge in [-0.15, -0.1) is 6.58 Å².